The zero-order valence-electron chi connectivity index (χ0n) is 15.4. The van der Waals surface area contributed by atoms with Gasteiger partial charge in [0.1, 0.15) is 5.75 Å². The summed E-state index contributed by atoms with van der Waals surface area (Å²) >= 11 is 10.3. The third-order valence-electron chi connectivity index (χ3n) is 4.26. The van der Waals surface area contributed by atoms with Crippen molar-refractivity contribution in [2.45, 2.75) is 27.2 Å². The second kappa shape index (κ2) is 8.59. The van der Waals surface area contributed by atoms with E-state index in [1.165, 1.54) is 17.3 Å². The lowest BCUT2D eigenvalue weighted by atomic mass is 10.1. The van der Waals surface area contributed by atoms with E-state index in [4.69, 9.17) is 17.0 Å². The van der Waals surface area contributed by atoms with Gasteiger partial charge in [0.05, 0.1) is 17.2 Å². The molecule has 140 valence electrons. The molecule has 27 heavy (non-hydrogen) atoms. The van der Waals surface area contributed by atoms with Crippen molar-refractivity contribution in [3.63, 3.8) is 0 Å². The Morgan fingerprint density at radius 2 is 1.96 bits per heavy atom. The predicted molar refractivity (Wildman–Crippen MR) is 121 cm³/mol. The van der Waals surface area contributed by atoms with Crippen molar-refractivity contribution < 1.29 is 9.53 Å². The predicted octanol–water partition coefficient (Wildman–Crippen LogP) is 6.26. The van der Waals surface area contributed by atoms with E-state index >= 15 is 0 Å². The van der Waals surface area contributed by atoms with Gasteiger partial charge in [0, 0.05) is 10.0 Å². The molecule has 6 heteroatoms. The first kappa shape index (κ1) is 20.1. The number of aryl methyl sites for hydroxylation is 2. The lowest BCUT2D eigenvalue weighted by molar-refractivity contribution is -0.113. The molecule has 0 bridgehead atoms. The van der Waals surface area contributed by atoms with Gasteiger partial charge < -0.3 is 4.74 Å². The van der Waals surface area contributed by atoms with E-state index in [0.29, 0.717) is 15.8 Å². The summed E-state index contributed by atoms with van der Waals surface area (Å²) < 4.78 is 7.30. The van der Waals surface area contributed by atoms with Crippen molar-refractivity contribution in [2.75, 3.05) is 11.5 Å². The highest BCUT2D eigenvalue weighted by Gasteiger charge is 2.33. The Hall–Kier alpha value is -1.63. The third kappa shape index (κ3) is 4.45. The lowest BCUT2D eigenvalue weighted by Crippen LogP contribution is -2.27. The fourth-order valence-corrected chi connectivity index (χ4v) is 4.34. The Labute approximate surface area is 177 Å². The molecule has 3 nitrogen and oxygen atoms in total. The first-order valence-corrected chi connectivity index (χ1v) is 10.7. The van der Waals surface area contributed by atoms with Crippen LogP contribution in [0.4, 0.5) is 5.69 Å². The van der Waals surface area contributed by atoms with Gasteiger partial charge in [-0.15, -0.1) is 0 Å². The molecule has 2 aromatic rings. The van der Waals surface area contributed by atoms with Crippen molar-refractivity contribution in [1.29, 1.82) is 0 Å². The average Bonchev–Trinajstić information content (AvgIpc) is 2.90. The number of hydrogen-bond acceptors (Lipinski definition) is 4. The average molecular weight is 462 g/mol. The zero-order valence-corrected chi connectivity index (χ0v) is 18.6. The van der Waals surface area contributed by atoms with E-state index in [0.717, 1.165) is 33.5 Å². The molecule has 2 aromatic carbocycles. The van der Waals surface area contributed by atoms with Crippen LogP contribution in [-0.2, 0) is 4.79 Å². The standard InChI is InChI=1S/C21H20BrNO2S2/c1-4-9-25-18-8-6-16(22)11-15(18)12-19-20(24)23(21(26)27-19)17-7-5-13(2)14(3)10-17/h5-8,10-12H,4,9H2,1-3H3/b19-12+. The molecule has 0 atom stereocenters. The maximum Gasteiger partial charge on any atom is 0.270 e. The summed E-state index contributed by atoms with van der Waals surface area (Å²) in [5.74, 6) is 0.658. The van der Waals surface area contributed by atoms with E-state index in [9.17, 15) is 4.79 Å². The van der Waals surface area contributed by atoms with E-state index in [1.54, 1.807) is 4.90 Å². The van der Waals surface area contributed by atoms with Gasteiger partial charge in [0.25, 0.3) is 5.91 Å². The highest BCUT2D eigenvalue weighted by Crippen LogP contribution is 2.38. The van der Waals surface area contributed by atoms with Crippen LogP contribution in [0.3, 0.4) is 0 Å². The summed E-state index contributed by atoms with van der Waals surface area (Å²) in [5, 5.41) is 0. The number of amides is 1. The number of anilines is 1. The number of hydrogen-bond donors (Lipinski definition) is 0. The van der Waals surface area contributed by atoms with Crippen LogP contribution < -0.4 is 9.64 Å². The topological polar surface area (TPSA) is 29.5 Å². The first-order chi connectivity index (χ1) is 12.9. The van der Waals surface area contributed by atoms with Gasteiger partial charge in [-0.25, -0.2) is 0 Å². The fourth-order valence-electron chi connectivity index (χ4n) is 2.67. The van der Waals surface area contributed by atoms with Crippen molar-refractivity contribution >= 4 is 61.9 Å². The second-order valence-corrected chi connectivity index (χ2v) is 8.91. The Bertz CT molecular complexity index is 940. The zero-order chi connectivity index (χ0) is 19.6. The number of carbonyl (C=O) groups excluding carboxylic acids is 1. The molecule has 0 spiro atoms. The Morgan fingerprint density at radius 1 is 1.19 bits per heavy atom. The summed E-state index contributed by atoms with van der Waals surface area (Å²) in [4.78, 5) is 15.2. The van der Waals surface area contributed by atoms with Gasteiger partial charge in [-0.05, 0) is 67.8 Å². The molecule has 3 rings (SSSR count). The maximum absolute atomic E-state index is 13.0. The number of rotatable bonds is 5. The quantitative estimate of drug-likeness (QED) is 0.388. The second-order valence-electron chi connectivity index (χ2n) is 6.32. The molecular formula is C21H20BrNO2S2. The number of ether oxygens (including phenoxy) is 1. The van der Waals surface area contributed by atoms with Crippen molar-refractivity contribution in [3.05, 3.63) is 62.5 Å². The summed E-state index contributed by atoms with van der Waals surface area (Å²) in [5.41, 5.74) is 3.98. The smallest absolute Gasteiger partial charge is 0.270 e. The van der Waals surface area contributed by atoms with Crippen molar-refractivity contribution in [2.24, 2.45) is 0 Å². The van der Waals surface area contributed by atoms with Crippen LogP contribution in [0.25, 0.3) is 6.08 Å². The van der Waals surface area contributed by atoms with Crippen LogP contribution in [0, 0.1) is 13.8 Å². The minimum atomic E-state index is -0.102. The lowest BCUT2D eigenvalue weighted by Gasteiger charge is -2.16. The summed E-state index contributed by atoms with van der Waals surface area (Å²) in [6.07, 6.45) is 2.78. The molecule has 1 heterocycles. The van der Waals surface area contributed by atoms with Crippen LogP contribution >= 0.6 is 39.9 Å². The first-order valence-electron chi connectivity index (χ1n) is 8.68. The molecule has 0 saturated carbocycles. The van der Waals surface area contributed by atoms with Crippen LogP contribution in [0.15, 0.2) is 45.8 Å². The molecule has 0 aliphatic carbocycles. The van der Waals surface area contributed by atoms with Crippen LogP contribution in [0.1, 0.15) is 30.0 Å². The molecular weight excluding hydrogens is 442 g/mol. The molecule has 1 amide bonds. The van der Waals surface area contributed by atoms with Crippen LogP contribution in [0.5, 0.6) is 5.75 Å². The SMILES string of the molecule is CCCOc1ccc(Br)cc1/C=C1/SC(=S)N(c2ccc(C)c(C)c2)C1=O. The van der Waals surface area contributed by atoms with Gasteiger partial charge in [-0.3, -0.25) is 9.69 Å². The Balaban J connectivity index is 1.95. The van der Waals surface area contributed by atoms with E-state index in [1.807, 2.05) is 49.4 Å². The molecule has 1 fully saturated rings. The Kier molecular flexibility index (Phi) is 6.40. The number of thiocarbonyl (C=S) groups is 1. The number of carbonyl (C=O) groups is 1. The summed E-state index contributed by atoms with van der Waals surface area (Å²) in [6, 6.07) is 11.7. The van der Waals surface area contributed by atoms with Crippen molar-refractivity contribution in [3.8, 4) is 5.75 Å². The highest BCUT2D eigenvalue weighted by molar-refractivity contribution is 9.10. The molecule has 0 N–H and O–H groups in total. The molecule has 1 aliphatic rings. The highest BCUT2D eigenvalue weighted by atomic mass is 79.9. The summed E-state index contributed by atoms with van der Waals surface area (Å²) in [7, 11) is 0. The third-order valence-corrected chi connectivity index (χ3v) is 6.06. The van der Waals surface area contributed by atoms with Gasteiger partial charge in [-0.1, -0.05) is 52.9 Å². The number of halogens is 1. The molecule has 1 saturated heterocycles. The number of nitrogens with zero attached hydrogens (tertiary/aromatic N) is 1. The number of thioether (sulfide) groups is 1. The van der Waals surface area contributed by atoms with Gasteiger partial charge in [0.15, 0.2) is 4.32 Å². The molecule has 0 unspecified atom stereocenters. The molecule has 0 aromatic heterocycles. The molecule has 1 aliphatic heterocycles. The largest absolute Gasteiger partial charge is 0.493 e. The minimum absolute atomic E-state index is 0.102. The molecule has 0 radical (unpaired) electrons. The fraction of sp³-hybridized carbons (Fsp3) is 0.238. The van der Waals surface area contributed by atoms with E-state index in [-0.39, 0.29) is 5.91 Å². The minimum Gasteiger partial charge on any atom is -0.493 e. The van der Waals surface area contributed by atoms with Gasteiger partial charge in [-0.2, -0.15) is 0 Å². The normalized spacial score (nSPS) is 15.7. The Morgan fingerprint density at radius 3 is 2.67 bits per heavy atom. The van der Waals surface area contributed by atoms with E-state index in [2.05, 4.69) is 29.8 Å². The van der Waals surface area contributed by atoms with Crippen molar-refractivity contribution in [1.82, 2.24) is 0 Å². The van der Waals surface area contributed by atoms with Gasteiger partial charge >= 0.3 is 0 Å². The monoisotopic (exact) mass is 461 g/mol. The van der Waals surface area contributed by atoms with Crippen LogP contribution in [-0.4, -0.2) is 16.8 Å². The van der Waals surface area contributed by atoms with Crippen LogP contribution in [0.2, 0.25) is 0 Å². The summed E-state index contributed by atoms with van der Waals surface area (Å²) in [6.45, 7) is 6.78. The number of benzene rings is 2. The van der Waals surface area contributed by atoms with Gasteiger partial charge in [0.2, 0.25) is 0 Å². The maximum atomic E-state index is 13.0. The van der Waals surface area contributed by atoms with E-state index < -0.39 is 0 Å².